The number of aryl methyl sites for hydroxylation is 3. The van der Waals surface area contributed by atoms with E-state index < -0.39 is 0 Å². The van der Waals surface area contributed by atoms with E-state index in [4.69, 9.17) is 0 Å². The van der Waals surface area contributed by atoms with Gasteiger partial charge in [0.2, 0.25) is 0 Å². The number of hydrogen-bond donors (Lipinski definition) is 0. The Morgan fingerprint density at radius 3 is 2.27 bits per heavy atom. The summed E-state index contributed by atoms with van der Waals surface area (Å²) in [4.78, 5) is 8.53. The summed E-state index contributed by atoms with van der Waals surface area (Å²) in [6, 6.07) is 6.22. The molecular formula is C13H14N2. The number of hydrogen-bond acceptors (Lipinski definition) is 2. The smallest absolute Gasteiger partial charge is 0.0382 e. The standard InChI is InChI=1S/C13H14N2/c1-9-4-5-14-8-13(9)12-6-10(2)15-11(3)7-12/h4-8H,1-3H3. The van der Waals surface area contributed by atoms with E-state index in [-0.39, 0.29) is 0 Å². The van der Waals surface area contributed by atoms with Gasteiger partial charge in [0.05, 0.1) is 0 Å². The zero-order valence-electron chi connectivity index (χ0n) is 9.28. The van der Waals surface area contributed by atoms with E-state index in [0.29, 0.717) is 0 Å². The Hall–Kier alpha value is -1.70. The summed E-state index contributed by atoms with van der Waals surface area (Å²) in [6.07, 6.45) is 3.73. The van der Waals surface area contributed by atoms with Crippen molar-refractivity contribution in [3.63, 3.8) is 0 Å². The predicted octanol–water partition coefficient (Wildman–Crippen LogP) is 3.07. The molecule has 2 rings (SSSR count). The van der Waals surface area contributed by atoms with Crippen molar-refractivity contribution >= 4 is 0 Å². The van der Waals surface area contributed by atoms with Gasteiger partial charge in [-0.05, 0) is 50.1 Å². The molecule has 0 spiro atoms. The Morgan fingerprint density at radius 1 is 1.00 bits per heavy atom. The van der Waals surface area contributed by atoms with Crippen LogP contribution in [0.1, 0.15) is 17.0 Å². The Bertz CT molecular complexity index is 469. The molecule has 2 heterocycles. The van der Waals surface area contributed by atoms with E-state index in [2.05, 4.69) is 29.0 Å². The molecule has 0 aliphatic carbocycles. The minimum Gasteiger partial charge on any atom is -0.264 e. The van der Waals surface area contributed by atoms with Gasteiger partial charge in [0.25, 0.3) is 0 Å². The predicted molar refractivity (Wildman–Crippen MR) is 61.7 cm³/mol. The number of rotatable bonds is 1. The van der Waals surface area contributed by atoms with Gasteiger partial charge in [0.1, 0.15) is 0 Å². The molecule has 0 unspecified atom stereocenters. The van der Waals surface area contributed by atoms with Gasteiger partial charge >= 0.3 is 0 Å². The Kier molecular flexibility index (Phi) is 2.50. The maximum Gasteiger partial charge on any atom is 0.0382 e. The van der Waals surface area contributed by atoms with Gasteiger partial charge in [-0.15, -0.1) is 0 Å². The fraction of sp³-hybridized carbons (Fsp3) is 0.231. The average molecular weight is 198 g/mol. The highest BCUT2D eigenvalue weighted by Gasteiger charge is 2.03. The first-order valence-electron chi connectivity index (χ1n) is 5.03. The van der Waals surface area contributed by atoms with Crippen LogP contribution in [0.3, 0.4) is 0 Å². The van der Waals surface area contributed by atoms with Gasteiger partial charge in [-0.1, -0.05) is 0 Å². The normalized spacial score (nSPS) is 10.3. The Labute approximate surface area is 90.0 Å². The van der Waals surface area contributed by atoms with Crippen molar-refractivity contribution in [1.82, 2.24) is 9.97 Å². The Morgan fingerprint density at radius 2 is 1.67 bits per heavy atom. The van der Waals surface area contributed by atoms with Crippen molar-refractivity contribution in [3.05, 3.63) is 47.5 Å². The lowest BCUT2D eigenvalue weighted by atomic mass is 10.0. The van der Waals surface area contributed by atoms with E-state index in [1.165, 1.54) is 16.7 Å². The average Bonchev–Trinajstić information content (AvgIpc) is 2.16. The molecule has 15 heavy (non-hydrogen) atoms. The summed E-state index contributed by atoms with van der Waals surface area (Å²) < 4.78 is 0. The summed E-state index contributed by atoms with van der Waals surface area (Å²) in [7, 11) is 0. The third-order valence-corrected chi connectivity index (χ3v) is 2.43. The monoisotopic (exact) mass is 198 g/mol. The molecule has 0 aromatic carbocycles. The molecule has 0 radical (unpaired) electrons. The van der Waals surface area contributed by atoms with Crippen molar-refractivity contribution in [2.24, 2.45) is 0 Å². The van der Waals surface area contributed by atoms with Gasteiger partial charge in [-0.25, -0.2) is 0 Å². The highest BCUT2D eigenvalue weighted by Crippen LogP contribution is 2.22. The number of pyridine rings is 2. The maximum absolute atomic E-state index is 4.37. The van der Waals surface area contributed by atoms with Crippen LogP contribution in [0.2, 0.25) is 0 Å². The summed E-state index contributed by atoms with van der Waals surface area (Å²) in [5, 5.41) is 0. The first-order chi connectivity index (χ1) is 7.16. The van der Waals surface area contributed by atoms with E-state index >= 15 is 0 Å². The summed E-state index contributed by atoms with van der Waals surface area (Å²) >= 11 is 0. The van der Waals surface area contributed by atoms with Gasteiger partial charge in [0, 0.05) is 29.3 Å². The van der Waals surface area contributed by atoms with Crippen molar-refractivity contribution in [2.75, 3.05) is 0 Å². The molecule has 2 aromatic heterocycles. The molecular weight excluding hydrogens is 184 g/mol. The fourth-order valence-electron chi connectivity index (χ4n) is 1.76. The largest absolute Gasteiger partial charge is 0.264 e. The van der Waals surface area contributed by atoms with Crippen LogP contribution in [-0.2, 0) is 0 Å². The van der Waals surface area contributed by atoms with Crippen molar-refractivity contribution in [2.45, 2.75) is 20.8 Å². The van der Waals surface area contributed by atoms with Crippen LogP contribution >= 0.6 is 0 Å². The molecule has 76 valence electrons. The SMILES string of the molecule is Cc1cc(-c2cnccc2C)cc(C)n1. The molecule has 0 fully saturated rings. The van der Waals surface area contributed by atoms with Crippen LogP contribution in [-0.4, -0.2) is 9.97 Å². The maximum atomic E-state index is 4.37. The molecule has 0 amide bonds. The number of nitrogens with zero attached hydrogens (tertiary/aromatic N) is 2. The number of aromatic nitrogens is 2. The first-order valence-corrected chi connectivity index (χ1v) is 5.03. The minimum absolute atomic E-state index is 1.05. The molecule has 2 aromatic rings. The molecule has 0 saturated heterocycles. The second-order valence-electron chi connectivity index (χ2n) is 3.83. The lowest BCUT2D eigenvalue weighted by Crippen LogP contribution is -1.90. The van der Waals surface area contributed by atoms with Crippen LogP contribution in [0.5, 0.6) is 0 Å². The van der Waals surface area contributed by atoms with E-state index in [1.807, 2.05) is 32.3 Å². The Balaban J connectivity index is 2.59. The molecule has 0 aliphatic rings. The van der Waals surface area contributed by atoms with Crippen LogP contribution in [0, 0.1) is 20.8 Å². The highest BCUT2D eigenvalue weighted by atomic mass is 14.7. The molecule has 2 nitrogen and oxygen atoms in total. The van der Waals surface area contributed by atoms with Crippen LogP contribution in [0.25, 0.3) is 11.1 Å². The molecule has 0 atom stereocenters. The fourth-order valence-corrected chi connectivity index (χ4v) is 1.76. The van der Waals surface area contributed by atoms with Crippen molar-refractivity contribution in [1.29, 1.82) is 0 Å². The first kappa shape index (κ1) is 9.84. The second-order valence-corrected chi connectivity index (χ2v) is 3.83. The van der Waals surface area contributed by atoms with Gasteiger partial charge in [-0.2, -0.15) is 0 Å². The molecule has 0 bridgehead atoms. The molecule has 0 N–H and O–H groups in total. The summed E-state index contributed by atoms with van der Waals surface area (Å²) in [6.45, 7) is 6.13. The molecule has 0 saturated carbocycles. The topological polar surface area (TPSA) is 25.8 Å². The van der Waals surface area contributed by atoms with Crippen LogP contribution in [0.15, 0.2) is 30.6 Å². The zero-order valence-corrected chi connectivity index (χ0v) is 9.28. The summed E-state index contributed by atoms with van der Waals surface area (Å²) in [5.74, 6) is 0. The van der Waals surface area contributed by atoms with Crippen molar-refractivity contribution in [3.8, 4) is 11.1 Å². The van der Waals surface area contributed by atoms with Gasteiger partial charge < -0.3 is 0 Å². The highest BCUT2D eigenvalue weighted by molar-refractivity contribution is 5.66. The quantitative estimate of drug-likeness (QED) is 0.703. The van der Waals surface area contributed by atoms with E-state index in [0.717, 1.165) is 11.4 Å². The third-order valence-electron chi connectivity index (χ3n) is 2.43. The second kappa shape index (κ2) is 3.81. The molecule has 2 heteroatoms. The van der Waals surface area contributed by atoms with E-state index in [9.17, 15) is 0 Å². The van der Waals surface area contributed by atoms with Crippen molar-refractivity contribution < 1.29 is 0 Å². The van der Waals surface area contributed by atoms with Gasteiger partial charge in [0.15, 0.2) is 0 Å². The van der Waals surface area contributed by atoms with Crippen LogP contribution < -0.4 is 0 Å². The molecule has 0 aliphatic heterocycles. The van der Waals surface area contributed by atoms with Gasteiger partial charge in [-0.3, -0.25) is 9.97 Å². The zero-order chi connectivity index (χ0) is 10.8. The minimum atomic E-state index is 1.05. The van der Waals surface area contributed by atoms with E-state index in [1.54, 1.807) is 0 Å². The van der Waals surface area contributed by atoms with Crippen LogP contribution in [0.4, 0.5) is 0 Å². The third kappa shape index (κ3) is 2.04. The lowest BCUT2D eigenvalue weighted by molar-refractivity contribution is 1.12. The lowest BCUT2D eigenvalue weighted by Gasteiger charge is -2.06. The summed E-state index contributed by atoms with van der Waals surface area (Å²) in [5.41, 5.74) is 5.73.